The van der Waals surface area contributed by atoms with Crippen molar-refractivity contribution in [2.45, 2.75) is 26.4 Å². The third kappa shape index (κ3) is 4.30. The van der Waals surface area contributed by atoms with E-state index in [4.69, 9.17) is 4.74 Å². The number of methoxy groups -OCH3 is 1. The van der Waals surface area contributed by atoms with Gasteiger partial charge in [-0.1, -0.05) is 30.3 Å². The number of ether oxygens (including phenoxy) is 1. The molecule has 4 heteroatoms. The maximum absolute atomic E-state index is 11.5. The van der Waals surface area contributed by atoms with Crippen LogP contribution in [0.3, 0.4) is 0 Å². The Morgan fingerprint density at radius 2 is 1.89 bits per heavy atom. The van der Waals surface area contributed by atoms with Crippen LogP contribution in [0.2, 0.25) is 0 Å². The SMILES string of the molecule is COC(=O)C(C)N(CC(C)=O)Cc1ccccc1. The largest absolute Gasteiger partial charge is 0.468 e. The molecule has 98 valence electrons. The summed E-state index contributed by atoms with van der Waals surface area (Å²) in [6.45, 7) is 4.06. The lowest BCUT2D eigenvalue weighted by molar-refractivity contribution is -0.146. The molecule has 0 heterocycles. The third-order valence-corrected chi connectivity index (χ3v) is 2.74. The average molecular weight is 249 g/mol. The van der Waals surface area contributed by atoms with E-state index >= 15 is 0 Å². The summed E-state index contributed by atoms with van der Waals surface area (Å²) in [5.74, 6) is -0.297. The molecule has 0 spiro atoms. The highest BCUT2D eigenvalue weighted by molar-refractivity contribution is 5.80. The molecule has 0 aliphatic heterocycles. The summed E-state index contributed by atoms with van der Waals surface area (Å²) in [5, 5.41) is 0. The zero-order chi connectivity index (χ0) is 13.5. The molecule has 0 aliphatic carbocycles. The lowest BCUT2D eigenvalue weighted by Crippen LogP contribution is -2.41. The first kappa shape index (κ1) is 14.4. The standard InChI is InChI=1S/C14H19NO3/c1-11(16)9-15(12(2)14(17)18-3)10-13-7-5-4-6-8-13/h4-8,12H,9-10H2,1-3H3. The Kier molecular flexibility index (Phi) is 5.52. The molecule has 1 unspecified atom stereocenters. The quantitative estimate of drug-likeness (QED) is 0.719. The highest BCUT2D eigenvalue weighted by Gasteiger charge is 2.22. The van der Waals surface area contributed by atoms with Crippen molar-refractivity contribution in [3.05, 3.63) is 35.9 Å². The van der Waals surface area contributed by atoms with Crippen LogP contribution in [0, 0.1) is 0 Å². The van der Waals surface area contributed by atoms with Crippen molar-refractivity contribution in [1.29, 1.82) is 0 Å². The summed E-state index contributed by atoms with van der Waals surface area (Å²) in [4.78, 5) is 24.6. The summed E-state index contributed by atoms with van der Waals surface area (Å²) in [5.41, 5.74) is 1.06. The number of ketones is 1. The number of nitrogens with zero attached hydrogens (tertiary/aromatic N) is 1. The molecule has 0 amide bonds. The van der Waals surface area contributed by atoms with Crippen molar-refractivity contribution in [2.75, 3.05) is 13.7 Å². The van der Waals surface area contributed by atoms with Gasteiger partial charge in [-0.2, -0.15) is 0 Å². The monoisotopic (exact) mass is 249 g/mol. The van der Waals surface area contributed by atoms with Gasteiger partial charge in [0, 0.05) is 6.54 Å². The van der Waals surface area contributed by atoms with E-state index in [-0.39, 0.29) is 18.3 Å². The lowest BCUT2D eigenvalue weighted by atomic mass is 10.1. The Morgan fingerprint density at radius 3 is 2.39 bits per heavy atom. The molecule has 0 fully saturated rings. The first-order valence-corrected chi connectivity index (χ1v) is 5.90. The number of carbonyl (C=O) groups is 2. The van der Waals surface area contributed by atoms with Gasteiger partial charge in [0.05, 0.1) is 13.7 Å². The van der Waals surface area contributed by atoms with Crippen molar-refractivity contribution in [1.82, 2.24) is 4.90 Å². The van der Waals surface area contributed by atoms with Crippen LogP contribution in [0.5, 0.6) is 0 Å². The zero-order valence-corrected chi connectivity index (χ0v) is 11.1. The van der Waals surface area contributed by atoms with Crippen LogP contribution in [0.25, 0.3) is 0 Å². The fourth-order valence-corrected chi connectivity index (χ4v) is 1.75. The normalized spacial score (nSPS) is 12.2. The molecule has 18 heavy (non-hydrogen) atoms. The third-order valence-electron chi connectivity index (χ3n) is 2.74. The highest BCUT2D eigenvalue weighted by Crippen LogP contribution is 2.09. The van der Waals surface area contributed by atoms with Crippen LogP contribution in [0.15, 0.2) is 30.3 Å². The number of hydrogen-bond donors (Lipinski definition) is 0. The van der Waals surface area contributed by atoms with Crippen LogP contribution in [0.4, 0.5) is 0 Å². The van der Waals surface area contributed by atoms with Crippen LogP contribution >= 0.6 is 0 Å². The van der Waals surface area contributed by atoms with E-state index in [0.717, 1.165) is 5.56 Å². The van der Waals surface area contributed by atoms with Crippen LogP contribution in [-0.4, -0.2) is 36.3 Å². The summed E-state index contributed by atoms with van der Waals surface area (Å²) in [7, 11) is 1.35. The van der Waals surface area contributed by atoms with Gasteiger partial charge in [0.25, 0.3) is 0 Å². The lowest BCUT2D eigenvalue weighted by Gasteiger charge is -2.26. The number of rotatable bonds is 6. The number of benzene rings is 1. The minimum absolute atomic E-state index is 0.0293. The summed E-state index contributed by atoms with van der Waals surface area (Å²) in [6, 6.07) is 9.31. The van der Waals surface area contributed by atoms with E-state index in [1.165, 1.54) is 14.0 Å². The van der Waals surface area contributed by atoms with Crippen molar-refractivity contribution < 1.29 is 14.3 Å². The molecule has 0 N–H and O–H groups in total. The predicted octanol–water partition coefficient (Wildman–Crippen LogP) is 1.64. The second-order valence-electron chi connectivity index (χ2n) is 4.29. The van der Waals surface area contributed by atoms with Gasteiger partial charge in [-0.3, -0.25) is 14.5 Å². The Labute approximate surface area is 108 Å². The van der Waals surface area contributed by atoms with E-state index in [9.17, 15) is 9.59 Å². The number of esters is 1. The number of carbonyl (C=O) groups excluding carboxylic acids is 2. The molecular formula is C14H19NO3. The van der Waals surface area contributed by atoms with E-state index in [1.807, 2.05) is 35.2 Å². The predicted molar refractivity (Wildman–Crippen MR) is 69.0 cm³/mol. The van der Waals surface area contributed by atoms with Crippen LogP contribution in [-0.2, 0) is 20.9 Å². The minimum atomic E-state index is -0.431. The first-order valence-electron chi connectivity index (χ1n) is 5.90. The van der Waals surface area contributed by atoms with Crippen LogP contribution in [0.1, 0.15) is 19.4 Å². The Balaban J connectivity index is 2.78. The molecule has 0 saturated heterocycles. The van der Waals surface area contributed by atoms with Gasteiger partial charge in [-0.15, -0.1) is 0 Å². The molecule has 1 aromatic carbocycles. The van der Waals surface area contributed by atoms with Crippen molar-refractivity contribution in [3.63, 3.8) is 0 Å². The molecule has 0 saturated carbocycles. The Bertz CT molecular complexity index is 403. The molecule has 0 aromatic heterocycles. The average Bonchev–Trinajstić information content (AvgIpc) is 2.37. The topological polar surface area (TPSA) is 46.6 Å². The van der Waals surface area contributed by atoms with Gasteiger partial charge >= 0.3 is 5.97 Å². The second-order valence-corrected chi connectivity index (χ2v) is 4.29. The number of hydrogen-bond acceptors (Lipinski definition) is 4. The first-order chi connectivity index (χ1) is 8.54. The Hall–Kier alpha value is -1.68. The zero-order valence-electron chi connectivity index (χ0n) is 11.1. The maximum atomic E-state index is 11.5. The molecule has 4 nitrogen and oxygen atoms in total. The minimum Gasteiger partial charge on any atom is -0.468 e. The van der Waals surface area contributed by atoms with Gasteiger partial charge < -0.3 is 4.74 Å². The van der Waals surface area contributed by atoms with E-state index in [2.05, 4.69) is 0 Å². The van der Waals surface area contributed by atoms with E-state index in [1.54, 1.807) is 6.92 Å². The highest BCUT2D eigenvalue weighted by atomic mass is 16.5. The van der Waals surface area contributed by atoms with Crippen molar-refractivity contribution in [2.24, 2.45) is 0 Å². The second kappa shape index (κ2) is 6.91. The fraction of sp³-hybridized carbons (Fsp3) is 0.429. The molecule has 1 rings (SSSR count). The maximum Gasteiger partial charge on any atom is 0.322 e. The molecule has 1 aromatic rings. The number of Topliss-reactive ketones (excluding diaryl/α,β-unsaturated/α-hetero) is 1. The summed E-state index contributed by atoms with van der Waals surface area (Å²) >= 11 is 0. The fourth-order valence-electron chi connectivity index (χ4n) is 1.75. The Morgan fingerprint density at radius 1 is 1.28 bits per heavy atom. The van der Waals surface area contributed by atoms with Crippen LogP contribution < -0.4 is 0 Å². The molecule has 0 aliphatic rings. The molecule has 1 atom stereocenters. The smallest absolute Gasteiger partial charge is 0.322 e. The summed E-state index contributed by atoms with van der Waals surface area (Å²) in [6.07, 6.45) is 0. The van der Waals surface area contributed by atoms with Gasteiger partial charge in [0.15, 0.2) is 0 Å². The van der Waals surface area contributed by atoms with E-state index in [0.29, 0.717) is 6.54 Å². The van der Waals surface area contributed by atoms with Crippen molar-refractivity contribution >= 4 is 11.8 Å². The van der Waals surface area contributed by atoms with E-state index < -0.39 is 6.04 Å². The summed E-state index contributed by atoms with van der Waals surface area (Å²) < 4.78 is 4.72. The van der Waals surface area contributed by atoms with Crippen molar-refractivity contribution in [3.8, 4) is 0 Å². The van der Waals surface area contributed by atoms with Gasteiger partial charge in [0.1, 0.15) is 11.8 Å². The van der Waals surface area contributed by atoms with Gasteiger partial charge in [-0.25, -0.2) is 0 Å². The molecular weight excluding hydrogens is 230 g/mol. The van der Waals surface area contributed by atoms with Gasteiger partial charge in [0.2, 0.25) is 0 Å². The molecule has 0 bridgehead atoms. The molecule has 0 radical (unpaired) electrons. The van der Waals surface area contributed by atoms with Gasteiger partial charge in [-0.05, 0) is 19.4 Å².